The van der Waals surface area contributed by atoms with Crippen LogP contribution in [-0.2, 0) is 0 Å². The van der Waals surface area contributed by atoms with Crippen LogP contribution in [0.1, 0.15) is 16.8 Å². The van der Waals surface area contributed by atoms with E-state index in [1.165, 1.54) is 6.07 Å². The first-order valence-corrected chi connectivity index (χ1v) is 5.38. The molecule has 15 heavy (non-hydrogen) atoms. The van der Waals surface area contributed by atoms with Gasteiger partial charge in [-0.3, -0.25) is 4.79 Å². The van der Waals surface area contributed by atoms with Gasteiger partial charge < -0.3 is 11.1 Å². The molecular weight excluding hydrogens is 263 g/mol. The molecule has 0 atom stereocenters. The van der Waals surface area contributed by atoms with Crippen LogP contribution in [0.25, 0.3) is 0 Å². The molecule has 0 unspecified atom stereocenters. The fourth-order valence-corrected chi connectivity index (χ4v) is 1.44. The Bertz CT molecular complexity index is 357. The fraction of sp³-hybridized carbons (Fsp3) is 0.300. The normalized spacial score (nSPS) is 10.1. The number of nitrogens with two attached hydrogens (primary N) is 1. The van der Waals surface area contributed by atoms with Crippen molar-refractivity contribution in [2.24, 2.45) is 5.73 Å². The van der Waals surface area contributed by atoms with Gasteiger partial charge in [0.1, 0.15) is 5.82 Å². The first kappa shape index (κ1) is 12.1. The molecule has 1 aromatic carbocycles. The van der Waals surface area contributed by atoms with Gasteiger partial charge in [-0.1, -0.05) is 6.07 Å². The number of rotatable bonds is 4. The predicted octanol–water partition coefficient (Wildman–Crippen LogP) is 1.67. The molecule has 3 nitrogen and oxygen atoms in total. The molecule has 0 spiro atoms. The minimum Gasteiger partial charge on any atom is -0.352 e. The number of carbonyl (C=O) groups is 1. The number of carbonyl (C=O) groups excluding carboxylic acids is 1. The SMILES string of the molecule is NCCCNC(=O)c1cccc(Br)c1F. The van der Waals surface area contributed by atoms with Crippen molar-refractivity contribution < 1.29 is 9.18 Å². The lowest BCUT2D eigenvalue weighted by atomic mass is 10.2. The molecule has 0 aliphatic rings. The van der Waals surface area contributed by atoms with Crippen molar-refractivity contribution in [1.82, 2.24) is 5.32 Å². The molecule has 0 heterocycles. The van der Waals surface area contributed by atoms with Gasteiger partial charge in [0.05, 0.1) is 10.0 Å². The topological polar surface area (TPSA) is 55.1 Å². The van der Waals surface area contributed by atoms with Gasteiger partial charge in [-0.2, -0.15) is 0 Å². The molecule has 0 fully saturated rings. The fourth-order valence-electron chi connectivity index (χ4n) is 1.08. The Morgan fingerprint density at radius 3 is 2.93 bits per heavy atom. The van der Waals surface area contributed by atoms with E-state index in [0.717, 1.165) is 0 Å². The van der Waals surface area contributed by atoms with E-state index in [9.17, 15) is 9.18 Å². The molecule has 1 amide bonds. The second-order valence-electron chi connectivity index (χ2n) is 3.00. The van der Waals surface area contributed by atoms with Gasteiger partial charge in [-0.15, -0.1) is 0 Å². The maximum Gasteiger partial charge on any atom is 0.254 e. The van der Waals surface area contributed by atoms with Crippen LogP contribution >= 0.6 is 15.9 Å². The zero-order valence-electron chi connectivity index (χ0n) is 8.09. The maximum atomic E-state index is 13.4. The molecular formula is C10H12BrFN2O. The average Bonchev–Trinajstić information content (AvgIpc) is 2.22. The second-order valence-corrected chi connectivity index (χ2v) is 3.85. The molecule has 3 N–H and O–H groups in total. The summed E-state index contributed by atoms with van der Waals surface area (Å²) in [6.45, 7) is 0.961. The molecule has 1 aromatic rings. The third-order valence-electron chi connectivity index (χ3n) is 1.86. The van der Waals surface area contributed by atoms with E-state index in [1.807, 2.05) is 0 Å². The van der Waals surface area contributed by atoms with E-state index in [-0.39, 0.29) is 10.0 Å². The Hall–Kier alpha value is -0.940. The Morgan fingerprint density at radius 1 is 1.53 bits per heavy atom. The number of hydrogen-bond donors (Lipinski definition) is 2. The highest BCUT2D eigenvalue weighted by Crippen LogP contribution is 2.18. The van der Waals surface area contributed by atoms with Gasteiger partial charge >= 0.3 is 0 Å². The summed E-state index contributed by atoms with van der Waals surface area (Å²) >= 11 is 3.02. The van der Waals surface area contributed by atoms with Crippen LogP contribution in [0.15, 0.2) is 22.7 Å². The molecule has 1 rings (SSSR count). The van der Waals surface area contributed by atoms with E-state index in [1.54, 1.807) is 12.1 Å². The van der Waals surface area contributed by atoms with Crippen molar-refractivity contribution in [3.8, 4) is 0 Å². The first-order valence-electron chi connectivity index (χ1n) is 4.59. The van der Waals surface area contributed by atoms with Crippen molar-refractivity contribution in [2.75, 3.05) is 13.1 Å². The molecule has 0 saturated heterocycles. The average molecular weight is 275 g/mol. The van der Waals surface area contributed by atoms with Crippen LogP contribution in [0.2, 0.25) is 0 Å². The molecule has 0 saturated carbocycles. The third-order valence-corrected chi connectivity index (χ3v) is 2.48. The minimum absolute atomic E-state index is 0.0430. The summed E-state index contributed by atoms with van der Waals surface area (Å²) < 4.78 is 13.7. The van der Waals surface area contributed by atoms with E-state index >= 15 is 0 Å². The Kier molecular flexibility index (Phi) is 4.71. The van der Waals surface area contributed by atoms with Gasteiger partial charge in [-0.25, -0.2) is 4.39 Å². The number of hydrogen-bond acceptors (Lipinski definition) is 2. The van der Waals surface area contributed by atoms with Crippen LogP contribution in [0.3, 0.4) is 0 Å². The van der Waals surface area contributed by atoms with E-state index in [4.69, 9.17) is 5.73 Å². The van der Waals surface area contributed by atoms with E-state index < -0.39 is 11.7 Å². The zero-order valence-corrected chi connectivity index (χ0v) is 9.68. The summed E-state index contributed by atoms with van der Waals surface area (Å²) in [5, 5.41) is 2.59. The van der Waals surface area contributed by atoms with Crippen LogP contribution < -0.4 is 11.1 Å². The molecule has 5 heteroatoms. The summed E-state index contributed by atoms with van der Waals surface area (Å²) in [4.78, 5) is 11.5. The lowest BCUT2D eigenvalue weighted by molar-refractivity contribution is 0.0949. The van der Waals surface area contributed by atoms with Crippen LogP contribution in [0.4, 0.5) is 4.39 Å². The summed E-state index contributed by atoms with van der Waals surface area (Å²) in [6, 6.07) is 4.61. The lowest BCUT2D eigenvalue weighted by Gasteiger charge is -2.05. The summed E-state index contributed by atoms with van der Waals surface area (Å²) in [5.74, 6) is -0.954. The van der Waals surface area contributed by atoms with Crippen molar-refractivity contribution in [2.45, 2.75) is 6.42 Å². The van der Waals surface area contributed by atoms with Gasteiger partial charge in [0.15, 0.2) is 0 Å². The Labute approximate surface area is 96.0 Å². The summed E-state index contributed by atoms with van der Waals surface area (Å²) in [5.41, 5.74) is 5.32. The summed E-state index contributed by atoms with van der Waals surface area (Å²) in [7, 11) is 0. The van der Waals surface area contributed by atoms with E-state index in [0.29, 0.717) is 19.5 Å². The monoisotopic (exact) mass is 274 g/mol. The molecule has 0 radical (unpaired) electrons. The van der Waals surface area contributed by atoms with Gasteiger partial charge in [0.2, 0.25) is 0 Å². The van der Waals surface area contributed by atoms with Crippen LogP contribution in [0.5, 0.6) is 0 Å². The first-order chi connectivity index (χ1) is 7.16. The smallest absolute Gasteiger partial charge is 0.254 e. The van der Waals surface area contributed by atoms with Gasteiger partial charge in [0.25, 0.3) is 5.91 Å². The summed E-state index contributed by atoms with van der Waals surface area (Å²) in [6.07, 6.45) is 0.682. The Balaban J connectivity index is 2.69. The van der Waals surface area contributed by atoms with Crippen molar-refractivity contribution in [1.29, 1.82) is 0 Å². The highest BCUT2D eigenvalue weighted by Gasteiger charge is 2.12. The number of halogens is 2. The number of benzene rings is 1. The minimum atomic E-state index is -0.539. The van der Waals surface area contributed by atoms with Crippen LogP contribution in [0, 0.1) is 5.82 Å². The molecule has 82 valence electrons. The highest BCUT2D eigenvalue weighted by atomic mass is 79.9. The van der Waals surface area contributed by atoms with Crippen molar-refractivity contribution in [3.63, 3.8) is 0 Å². The number of nitrogens with one attached hydrogen (secondary N) is 1. The standard InChI is InChI=1S/C10H12BrFN2O/c11-8-4-1-3-7(9(8)12)10(15)14-6-2-5-13/h1,3-4H,2,5-6,13H2,(H,14,15). The van der Waals surface area contributed by atoms with Crippen molar-refractivity contribution >= 4 is 21.8 Å². The molecule has 0 bridgehead atoms. The van der Waals surface area contributed by atoms with E-state index in [2.05, 4.69) is 21.2 Å². The predicted molar refractivity (Wildman–Crippen MR) is 60.1 cm³/mol. The van der Waals surface area contributed by atoms with Gasteiger partial charge in [-0.05, 0) is 41.0 Å². The second kappa shape index (κ2) is 5.82. The number of amides is 1. The largest absolute Gasteiger partial charge is 0.352 e. The third kappa shape index (κ3) is 3.28. The van der Waals surface area contributed by atoms with Crippen molar-refractivity contribution in [3.05, 3.63) is 34.1 Å². The lowest BCUT2D eigenvalue weighted by Crippen LogP contribution is -2.26. The zero-order chi connectivity index (χ0) is 11.3. The molecule has 0 aromatic heterocycles. The Morgan fingerprint density at radius 2 is 2.27 bits per heavy atom. The molecule has 0 aliphatic carbocycles. The highest BCUT2D eigenvalue weighted by molar-refractivity contribution is 9.10. The molecule has 0 aliphatic heterocycles. The quantitative estimate of drug-likeness (QED) is 0.821. The maximum absolute atomic E-state index is 13.4. The van der Waals surface area contributed by atoms with Gasteiger partial charge in [0, 0.05) is 6.54 Å². The van der Waals surface area contributed by atoms with Crippen LogP contribution in [-0.4, -0.2) is 19.0 Å².